The number of carbonyl (C=O) groups excluding carboxylic acids is 1. The highest BCUT2D eigenvalue weighted by Crippen LogP contribution is 2.40. The summed E-state index contributed by atoms with van der Waals surface area (Å²) in [6.45, 7) is 1.41. The molecule has 2 aliphatic rings. The summed E-state index contributed by atoms with van der Waals surface area (Å²) in [5.41, 5.74) is 1.16. The van der Waals surface area contributed by atoms with Crippen molar-refractivity contribution >= 4 is 17.7 Å². The van der Waals surface area contributed by atoms with Crippen LogP contribution in [0.3, 0.4) is 0 Å². The summed E-state index contributed by atoms with van der Waals surface area (Å²) >= 11 is 1.76. The second kappa shape index (κ2) is 4.11. The van der Waals surface area contributed by atoms with E-state index in [0.717, 1.165) is 24.3 Å². The average Bonchev–Trinajstić information content (AvgIpc) is 2.98. The second-order valence-corrected chi connectivity index (χ2v) is 5.09. The molecule has 0 aromatic heterocycles. The van der Waals surface area contributed by atoms with Crippen LogP contribution in [0.15, 0.2) is 29.2 Å². The van der Waals surface area contributed by atoms with Gasteiger partial charge in [-0.3, -0.25) is 9.63 Å². The van der Waals surface area contributed by atoms with Crippen LogP contribution in [0.2, 0.25) is 0 Å². The van der Waals surface area contributed by atoms with Crippen molar-refractivity contribution in [2.24, 2.45) is 0 Å². The third-order valence-electron chi connectivity index (χ3n) is 3.00. The first-order valence-electron chi connectivity index (χ1n) is 5.52. The number of rotatable bonds is 1. The lowest BCUT2D eigenvalue weighted by Gasteiger charge is -2.18. The number of carbonyl (C=O) groups is 1. The van der Waals surface area contributed by atoms with E-state index in [1.807, 2.05) is 18.2 Å². The molecule has 0 spiro atoms. The molecule has 0 aliphatic carbocycles. The molecule has 1 unspecified atom stereocenters. The Bertz CT molecular complexity index is 415. The molecule has 1 atom stereocenters. The van der Waals surface area contributed by atoms with E-state index in [2.05, 4.69) is 6.07 Å². The summed E-state index contributed by atoms with van der Waals surface area (Å²) in [5, 5.41) is 1.54. The molecular weight excluding hydrogens is 222 g/mol. The first kappa shape index (κ1) is 10.2. The van der Waals surface area contributed by atoms with Gasteiger partial charge in [0.2, 0.25) is 0 Å². The zero-order valence-corrected chi connectivity index (χ0v) is 9.70. The predicted molar refractivity (Wildman–Crippen MR) is 62.2 cm³/mol. The Labute approximate surface area is 98.7 Å². The normalized spacial score (nSPS) is 23.5. The van der Waals surface area contributed by atoms with E-state index in [4.69, 9.17) is 4.84 Å². The Morgan fingerprint density at radius 3 is 3.12 bits per heavy atom. The number of amides is 1. The van der Waals surface area contributed by atoms with Gasteiger partial charge in [0.05, 0.1) is 19.1 Å². The van der Waals surface area contributed by atoms with E-state index in [0.29, 0.717) is 6.61 Å². The molecule has 3 rings (SSSR count). The van der Waals surface area contributed by atoms with Crippen LogP contribution in [-0.4, -0.2) is 29.9 Å². The quantitative estimate of drug-likeness (QED) is 0.746. The predicted octanol–water partition coefficient (Wildman–Crippen LogP) is 2.04. The van der Waals surface area contributed by atoms with Crippen molar-refractivity contribution in [1.82, 2.24) is 5.06 Å². The minimum absolute atomic E-state index is 0.0145. The second-order valence-electron chi connectivity index (χ2n) is 4.03. The fraction of sp³-hybridized carbons (Fsp3) is 0.417. The van der Waals surface area contributed by atoms with Crippen molar-refractivity contribution in [1.29, 1.82) is 0 Å². The molecule has 0 saturated carbocycles. The smallest absolute Gasteiger partial charge is 0.254 e. The first-order chi connectivity index (χ1) is 7.86. The highest BCUT2D eigenvalue weighted by molar-refractivity contribution is 7.99. The Hall–Kier alpha value is -1.00. The van der Waals surface area contributed by atoms with Gasteiger partial charge in [0, 0.05) is 10.6 Å². The molecule has 3 nitrogen and oxygen atoms in total. The lowest BCUT2D eigenvalue weighted by Crippen LogP contribution is -2.31. The molecule has 1 aromatic carbocycles. The highest BCUT2D eigenvalue weighted by atomic mass is 32.2. The van der Waals surface area contributed by atoms with Gasteiger partial charge < -0.3 is 0 Å². The van der Waals surface area contributed by atoms with Gasteiger partial charge in [0.15, 0.2) is 0 Å². The summed E-state index contributed by atoms with van der Waals surface area (Å²) < 4.78 is 0. The third kappa shape index (κ3) is 1.62. The monoisotopic (exact) mass is 235 g/mol. The van der Waals surface area contributed by atoms with Crippen molar-refractivity contribution in [3.8, 4) is 0 Å². The van der Waals surface area contributed by atoms with Crippen molar-refractivity contribution in [3.63, 3.8) is 0 Å². The first-order valence-corrected chi connectivity index (χ1v) is 6.51. The van der Waals surface area contributed by atoms with Gasteiger partial charge in [-0.05, 0) is 18.1 Å². The van der Waals surface area contributed by atoms with Crippen LogP contribution in [0.25, 0.3) is 0 Å². The Kier molecular flexibility index (Phi) is 2.61. The van der Waals surface area contributed by atoms with E-state index in [1.165, 1.54) is 9.96 Å². The van der Waals surface area contributed by atoms with Gasteiger partial charge in [-0.1, -0.05) is 18.2 Å². The fourth-order valence-corrected chi connectivity index (χ4v) is 3.38. The van der Waals surface area contributed by atoms with Gasteiger partial charge in [-0.15, -0.1) is 11.8 Å². The molecular formula is C12H13NO2S. The number of hydrogen-bond acceptors (Lipinski definition) is 3. The van der Waals surface area contributed by atoms with E-state index in [1.54, 1.807) is 11.8 Å². The van der Waals surface area contributed by atoms with Crippen molar-refractivity contribution in [2.45, 2.75) is 17.2 Å². The number of fused-ring (bicyclic) bond motifs is 1. The van der Waals surface area contributed by atoms with E-state index >= 15 is 0 Å². The molecule has 16 heavy (non-hydrogen) atoms. The molecule has 4 heteroatoms. The van der Waals surface area contributed by atoms with Gasteiger partial charge in [0.25, 0.3) is 5.91 Å². The maximum atomic E-state index is 12.2. The van der Waals surface area contributed by atoms with Crippen LogP contribution in [0, 0.1) is 0 Å². The fourth-order valence-electron chi connectivity index (χ4n) is 2.16. The maximum Gasteiger partial charge on any atom is 0.254 e. The summed E-state index contributed by atoms with van der Waals surface area (Å²) in [6, 6.07) is 8.15. The van der Waals surface area contributed by atoms with Gasteiger partial charge in [-0.2, -0.15) is 0 Å². The summed E-state index contributed by atoms with van der Waals surface area (Å²) in [6.07, 6.45) is 0.952. The van der Waals surface area contributed by atoms with Crippen LogP contribution in [0.4, 0.5) is 0 Å². The maximum absolute atomic E-state index is 12.2. The lowest BCUT2D eigenvalue weighted by atomic mass is 10.0. The van der Waals surface area contributed by atoms with Crippen molar-refractivity contribution < 1.29 is 9.63 Å². The van der Waals surface area contributed by atoms with Crippen LogP contribution in [-0.2, 0) is 9.63 Å². The molecule has 0 bridgehead atoms. The minimum Gasteiger partial charge on any atom is -0.272 e. The number of benzene rings is 1. The van der Waals surface area contributed by atoms with Crippen LogP contribution >= 0.6 is 11.8 Å². The molecule has 0 N–H and O–H groups in total. The standard InChI is InChI=1S/C12H13NO2S/c14-12(13-6-3-7-15-13)10-8-16-11-5-2-1-4-9(10)11/h1-2,4-5,10H,3,6-8H2. The average molecular weight is 235 g/mol. The summed E-state index contributed by atoms with van der Waals surface area (Å²) in [5.74, 6) is 0.951. The molecule has 2 heterocycles. The number of hydrogen-bond donors (Lipinski definition) is 0. The van der Waals surface area contributed by atoms with Crippen LogP contribution in [0.5, 0.6) is 0 Å². The molecule has 0 radical (unpaired) electrons. The lowest BCUT2D eigenvalue weighted by molar-refractivity contribution is -0.169. The Balaban J connectivity index is 1.84. The van der Waals surface area contributed by atoms with Gasteiger partial charge in [-0.25, -0.2) is 5.06 Å². The largest absolute Gasteiger partial charge is 0.272 e. The summed E-state index contributed by atoms with van der Waals surface area (Å²) in [7, 11) is 0. The molecule has 1 saturated heterocycles. The third-order valence-corrected chi connectivity index (χ3v) is 4.18. The molecule has 84 valence electrons. The van der Waals surface area contributed by atoms with E-state index in [-0.39, 0.29) is 11.8 Å². The highest BCUT2D eigenvalue weighted by Gasteiger charge is 2.33. The van der Waals surface area contributed by atoms with Gasteiger partial charge >= 0.3 is 0 Å². The number of hydroxylamine groups is 2. The Morgan fingerprint density at radius 1 is 1.44 bits per heavy atom. The minimum atomic E-state index is -0.0145. The molecule has 2 aliphatic heterocycles. The van der Waals surface area contributed by atoms with Crippen molar-refractivity contribution in [2.75, 3.05) is 18.9 Å². The molecule has 1 amide bonds. The topological polar surface area (TPSA) is 29.5 Å². The van der Waals surface area contributed by atoms with Crippen molar-refractivity contribution in [3.05, 3.63) is 29.8 Å². The van der Waals surface area contributed by atoms with Crippen LogP contribution in [0.1, 0.15) is 17.9 Å². The molecule has 1 aromatic rings. The number of nitrogens with zero attached hydrogens (tertiary/aromatic N) is 1. The summed E-state index contributed by atoms with van der Waals surface area (Å²) in [4.78, 5) is 18.8. The zero-order valence-electron chi connectivity index (χ0n) is 8.89. The van der Waals surface area contributed by atoms with E-state index < -0.39 is 0 Å². The SMILES string of the molecule is O=C(C1CSc2ccccc21)N1CCCO1. The molecule has 1 fully saturated rings. The Morgan fingerprint density at radius 2 is 2.31 bits per heavy atom. The zero-order chi connectivity index (χ0) is 11.0. The number of thioether (sulfide) groups is 1. The van der Waals surface area contributed by atoms with Crippen LogP contribution < -0.4 is 0 Å². The van der Waals surface area contributed by atoms with Gasteiger partial charge in [0.1, 0.15) is 0 Å². The van der Waals surface area contributed by atoms with E-state index in [9.17, 15) is 4.79 Å².